The molecule has 0 aromatic carbocycles. The summed E-state index contributed by atoms with van der Waals surface area (Å²) in [5.41, 5.74) is -0.497. The second-order valence-corrected chi connectivity index (χ2v) is 6.57. The summed E-state index contributed by atoms with van der Waals surface area (Å²) >= 11 is 0. The van der Waals surface area contributed by atoms with Gasteiger partial charge in [-0.3, -0.25) is 4.79 Å². The van der Waals surface area contributed by atoms with E-state index in [-0.39, 0.29) is 12.5 Å². The van der Waals surface area contributed by atoms with E-state index in [9.17, 15) is 9.59 Å². The van der Waals surface area contributed by atoms with Crippen molar-refractivity contribution in [3.8, 4) is 0 Å². The highest BCUT2D eigenvalue weighted by Gasteiger charge is 2.41. The average Bonchev–Trinajstić information content (AvgIpc) is 3.11. The van der Waals surface area contributed by atoms with Gasteiger partial charge in [-0.2, -0.15) is 0 Å². The molecule has 2 unspecified atom stereocenters. The summed E-state index contributed by atoms with van der Waals surface area (Å²) in [4.78, 5) is 25.1. The summed E-state index contributed by atoms with van der Waals surface area (Å²) in [5, 5.41) is 12.1. The van der Waals surface area contributed by atoms with Crippen LogP contribution in [0.5, 0.6) is 0 Å². The molecule has 2 atom stereocenters. The van der Waals surface area contributed by atoms with Crippen LogP contribution >= 0.6 is 0 Å². The number of carboxylic acid groups (broad SMARTS) is 1. The standard InChI is InChI=1S/C15H26N2O3/c1-11-8-12(11)10-16-14(20)17(2)15(9-13(18)19)6-4-3-5-7-15/h11-12H,3-10H2,1-2H3,(H,16,20)(H,18,19). The number of hydrogen-bond donors (Lipinski definition) is 2. The van der Waals surface area contributed by atoms with Crippen LogP contribution in [0.4, 0.5) is 4.79 Å². The molecule has 20 heavy (non-hydrogen) atoms. The van der Waals surface area contributed by atoms with E-state index in [1.54, 1.807) is 11.9 Å². The third kappa shape index (κ3) is 3.44. The molecule has 0 saturated heterocycles. The molecule has 2 N–H and O–H groups in total. The Kier molecular flexibility index (Phi) is 4.55. The molecule has 5 nitrogen and oxygen atoms in total. The Morgan fingerprint density at radius 3 is 2.40 bits per heavy atom. The van der Waals surface area contributed by atoms with Crippen molar-refractivity contribution >= 4 is 12.0 Å². The SMILES string of the molecule is CC1CC1CNC(=O)N(C)C1(CC(=O)O)CCCCC1. The molecule has 0 radical (unpaired) electrons. The maximum atomic E-state index is 12.3. The Morgan fingerprint density at radius 2 is 1.90 bits per heavy atom. The Morgan fingerprint density at radius 1 is 1.30 bits per heavy atom. The molecule has 0 aromatic rings. The number of carboxylic acids is 1. The van der Waals surface area contributed by atoms with E-state index in [0.29, 0.717) is 18.4 Å². The fourth-order valence-electron chi connectivity index (χ4n) is 3.36. The van der Waals surface area contributed by atoms with Gasteiger partial charge in [-0.1, -0.05) is 26.2 Å². The molecular formula is C15H26N2O3. The van der Waals surface area contributed by atoms with Crippen LogP contribution in [-0.4, -0.2) is 41.1 Å². The number of hydrogen-bond acceptors (Lipinski definition) is 2. The third-order valence-corrected chi connectivity index (χ3v) is 5.07. The normalized spacial score (nSPS) is 27.7. The number of amides is 2. The molecule has 0 bridgehead atoms. The monoisotopic (exact) mass is 282 g/mol. The quantitative estimate of drug-likeness (QED) is 0.813. The number of rotatable bonds is 5. The van der Waals surface area contributed by atoms with Gasteiger partial charge >= 0.3 is 12.0 Å². The van der Waals surface area contributed by atoms with Crippen molar-refractivity contribution < 1.29 is 14.7 Å². The van der Waals surface area contributed by atoms with Crippen LogP contribution < -0.4 is 5.32 Å². The molecule has 0 heterocycles. The van der Waals surface area contributed by atoms with Crippen LogP contribution in [0.1, 0.15) is 51.9 Å². The third-order valence-electron chi connectivity index (χ3n) is 5.07. The molecule has 0 aromatic heterocycles. The fourth-order valence-corrected chi connectivity index (χ4v) is 3.36. The zero-order valence-electron chi connectivity index (χ0n) is 12.5. The van der Waals surface area contributed by atoms with Crippen LogP contribution in [-0.2, 0) is 4.79 Å². The van der Waals surface area contributed by atoms with E-state index in [4.69, 9.17) is 5.11 Å². The lowest BCUT2D eigenvalue weighted by Gasteiger charge is -2.43. The Labute approximate surface area is 120 Å². The highest BCUT2D eigenvalue weighted by Crippen LogP contribution is 2.38. The van der Waals surface area contributed by atoms with Crippen LogP contribution in [0.2, 0.25) is 0 Å². The summed E-state index contributed by atoms with van der Waals surface area (Å²) in [5.74, 6) is 0.500. The second-order valence-electron chi connectivity index (χ2n) is 6.57. The molecule has 0 aliphatic heterocycles. The van der Waals surface area contributed by atoms with Crippen molar-refractivity contribution in [3.05, 3.63) is 0 Å². The van der Waals surface area contributed by atoms with Gasteiger partial charge in [-0.25, -0.2) is 4.79 Å². The first kappa shape index (κ1) is 15.1. The second kappa shape index (κ2) is 6.02. The van der Waals surface area contributed by atoms with E-state index in [0.717, 1.165) is 32.1 Å². The molecule has 2 aliphatic rings. The smallest absolute Gasteiger partial charge is 0.317 e. The van der Waals surface area contributed by atoms with Gasteiger partial charge in [0.25, 0.3) is 0 Å². The largest absolute Gasteiger partial charge is 0.481 e. The number of urea groups is 1. The van der Waals surface area contributed by atoms with Crippen molar-refractivity contribution in [1.82, 2.24) is 10.2 Å². The lowest BCUT2D eigenvalue weighted by molar-refractivity contribution is -0.140. The Hall–Kier alpha value is -1.26. The lowest BCUT2D eigenvalue weighted by Crippen LogP contribution is -2.55. The van der Waals surface area contributed by atoms with Crippen LogP contribution in [0.15, 0.2) is 0 Å². The summed E-state index contributed by atoms with van der Waals surface area (Å²) < 4.78 is 0. The summed E-state index contributed by atoms with van der Waals surface area (Å²) in [6.07, 6.45) is 5.97. The van der Waals surface area contributed by atoms with Crippen LogP contribution in [0, 0.1) is 11.8 Å². The molecule has 114 valence electrons. The minimum absolute atomic E-state index is 0.0523. The minimum atomic E-state index is -0.817. The van der Waals surface area contributed by atoms with Gasteiger partial charge in [0, 0.05) is 13.6 Å². The molecule has 2 saturated carbocycles. The molecule has 2 amide bonds. The van der Waals surface area contributed by atoms with Crippen molar-refractivity contribution in [2.45, 2.75) is 57.4 Å². The fraction of sp³-hybridized carbons (Fsp3) is 0.867. The topological polar surface area (TPSA) is 69.6 Å². The first-order chi connectivity index (χ1) is 9.44. The summed E-state index contributed by atoms with van der Waals surface area (Å²) in [6, 6.07) is -0.118. The maximum absolute atomic E-state index is 12.3. The first-order valence-electron chi connectivity index (χ1n) is 7.68. The van der Waals surface area contributed by atoms with E-state index < -0.39 is 11.5 Å². The van der Waals surface area contributed by atoms with Gasteiger partial charge < -0.3 is 15.3 Å². The molecule has 0 spiro atoms. The first-order valence-corrected chi connectivity index (χ1v) is 7.68. The minimum Gasteiger partial charge on any atom is -0.481 e. The van der Waals surface area contributed by atoms with E-state index in [1.807, 2.05) is 0 Å². The molecule has 2 rings (SSSR count). The molecule has 2 fully saturated rings. The number of carbonyl (C=O) groups excluding carboxylic acids is 1. The lowest BCUT2D eigenvalue weighted by atomic mass is 9.78. The molecule has 2 aliphatic carbocycles. The van der Waals surface area contributed by atoms with Gasteiger partial charge in [0.1, 0.15) is 0 Å². The van der Waals surface area contributed by atoms with Crippen LogP contribution in [0.25, 0.3) is 0 Å². The summed E-state index contributed by atoms with van der Waals surface area (Å²) in [7, 11) is 1.75. The number of nitrogens with zero attached hydrogens (tertiary/aromatic N) is 1. The van der Waals surface area contributed by atoms with Crippen LogP contribution in [0.3, 0.4) is 0 Å². The molecule has 5 heteroatoms. The van der Waals surface area contributed by atoms with Gasteiger partial charge in [-0.05, 0) is 31.1 Å². The van der Waals surface area contributed by atoms with E-state index >= 15 is 0 Å². The van der Waals surface area contributed by atoms with Crippen molar-refractivity contribution in [2.24, 2.45) is 11.8 Å². The van der Waals surface area contributed by atoms with Crippen molar-refractivity contribution in [1.29, 1.82) is 0 Å². The zero-order chi connectivity index (χ0) is 14.8. The number of carbonyl (C=O) groups is 2. The van der Waals surface area contributed by atoms with Crippen molar-refractivity contribution in [2.75, 3.05) is 13.6 Å². The summed E-state index contributed by atoms with van der Waals surface area (Å²) in [6.45, 7) is 2.90. The zero-order valence-corrected chi connectivity index (χ0v) is 12.5. The number of aliphatic carboxylic acids is 1. The van der Waals surface area contributed by atoms with Gasteiger partial charge in [0.15, 0.2) is 0 Å². The highest BCUT2D eigenvalue weighted by atomic mass is 16.4. The highest BCUT2D eigenvalue weighted by molar-refractivity contribution is 5.76. The molecular weight excluding hydrogens is 256 g/mol. The van der Waals surface area contributed by atoms with E-state index in [2.05, 4.69) is 12.2 Å². The Balaban J connectivity index is 1.95. The van der Waals surface area contributed by atoms with Gasteiger partial charge in [0.05, 0.1) is 12.0 Å². The van der Waals surface area contributed by atoms with Crippen molar-refractivity contribution in [3.63, 3.8) is 0 Å². The Bertz CT molecular complexity index is 377. The van der Waals surface area contributed by atoms with E-state index in [1.165, 1.54) is 6.42 Å². The van der Waals surface area contributed by atoms with Gasteiger partial charge in [-0.15, -0.1) is 0 Å². The predicted molar refractivity (Wildman–Crippen MR) is 76.5 cm³/mol. The van der Waals surface area contributed by atoms with Gasteiger partial charge in [0.2, 0.25) is 0 Å². The maximum Gasteiger partial charge on any atom is 0.317 e. The number of nitrogens with one attached hydrogen (secondary N) is 1. The average molecular weight is 282 g/mol. The predicted octanol–water partition coefficient (Wildman–Crippen LogP) is 2.46.